The number of hydrogen-bond donors (Lipinski definition) is 3. The topological polar surface area (TPSA) is 81.7 Å². The van der Waals surface area contributed by atoms with Crippen LogP contribution in [0.5, 0.6) is 0 Å². The molecule has 6 heteroatoms. The summed E-state index contributed by atoms with van der Waals surface area (Å²) in [7, 11) is 0. The summed E-state index contributed by atoms with van der Waals surface area (Å²) in [4.78, 5) is 25.0. The van der Waals surface area contributed by atoms with E-state index in [0.29, 0.717) is 6.54 Å². The summed E-state index contributed by atoms with van der Waals surface area (Å²) < 4.78 is 0. The first kappa shape index (κ1) is 15.7. The number of aliphatic hydroxyl groups is 1. The zero-order chi connectivity index (χ0) is 14.1. The minimum Gasteiger partial charge on any atom is -0.395 e. The number of likely N-dealkylation sites (tertiary alicyclic amines) is 1. The van der Waals surface area contributed by atoms with Gasteiger partial charge in [-0.3, -0.25) is 15.0 Å². The average molecular weight is 269 g/mol. The minimum absolute atomic E-state index is 0.0180. The molecule has 1 unspecified atom stereocenters. The number of aliphatic hydroxyl groups excluding tert-OH is 1. The SMILES string of the molecule is C=CCNC(=O)NC(=O)CN1CCCCCC1CO. The number of carbonyl (C=O) groups is 2. The Hall–Kier alpha value is -1.40. The van der Waals surface area contributed by atoms with E-state index in [4.69, 9.17) is 0 Å². The third-order valence-corrected chi connectivity index (χ3v) is 3.22. The minimum atomic E-state index is -0.514. The maximum atomic E-state index is 11.7. The molecule has 0 aromatic rings. The average Bonchev–Trinajstić information content (AvgIpc) is 2.61. The van der Waals surface area contributed by atoms with Crippen molar-refractivity contribution >= 4 is 11.9 Å². The molecule has 3 amide bonds. The second-order valence-electron chi connectivity index (χ2n) is 4.70. The second-order valence-corrected chi connectivity index (χ2v) is 4.70. The fourth-order valence-electron chi connectivity index (χ4n) is 2.21. The van der Waals surface area contributed by atoms with Gasteiger partial charge < -0.3 is 10.4 Å². The highest BCUT2D eigenvalue weighted by Gasteiger charge is 2.22. The smallest absolute Gasteiger partial charge is 0.321 e. The molecule has 0 radical (unpaired) electrons. The van der Waals surface area contributed by atoms with Crippen LogP contribution in [0.2, 0.25) is 0 Å². The van der Waals surface area contributed by atoms with Crippen molar-refractivity contribution in [1.29, 1.82) is 0 Å². The molecule has 0 saturated carbocycles. The Labute approximate surface area is 113 Å². The van der Waals surface area contributed by atoms with E-state index >= 15 is 0 Å². The van der Waals surface area contributed by atoms with Crippen LogP contribution in [0.15, 0.2) is 12.7 Å². The molecular formula is C13H23N3O3. The van der Waals surface area contributed by atoms with Crippen LogP contribution in [0.3, 0.4) is 0 Å². The number of urea groups is 1. The summed E-state index contributed by atoms with van der Waals surface area (Å²) in [5.74, 6) is -0.345. The van der Waals surface area contributed by atoms with Gasteiger partial charge in [0.25, 0.3) is 0 Å². The van der Waals surface area contributed by atoms with Crippen LogP contribution < -0.4 is 10.6 Å². The number of nitrogens with zero attached hydrogens (tertiary/aromatic N) is 1. The summed E-state index contributed by atoms with van der Waals surface area (Å²) in [5, 5.41) is 14.1. The van der Waals surface area contributed by atoms with Gasteiger partial charge in [0.05, 0.1) is 13.2 Å². The Morgan fingerprint density at radius 3 is 2.84 bits per heavy atom. The van der Waals surface area contributed by atoms with E-state index in [2.05, 4.69) is 17.2 Å². The predicted octanol–water partition coefficient (Wildman–Crippen LogP) is 0.235. The zero-order valence-corrected chi connectivity index (χ0v) is 11.2. The number of rotatable bonds is 5. The maximum absolute atomic E-state index is 11.7. The van der Waals surface area contributed by atoms with Gasteiger partial charge >= 0.3 is 6.03 Å². The first-order valence-electron chi connectivity index (χ1n) is 6.71. The van der Waals surface area contributed by atoms with E-state index in [1.165, 1.54) is 0 Å². The maximum Gasteiger partial charge on any atom is 0.321 e. The molecule has 0 aromatic carbocycles. The predicted molar refractivity (Wildman–Crippen MR) is 72.7 cm³/mol. The Balaban J connectivity index is 2.40. The van der Waals surface area contributed by atoms with Gasteiger partial charge in [0, 0.05) is 12.6 Å². The molecule has 108 valence electrons. The highest BCUT2D eigenvalue weighted by atomic mass is 16.3. The summed E-state index contributed by atoms with van der Waals surface area (Å²) in [5.41, 5.74) is 0. The van der Waals surface area contributed by atoms with Crippen LogP contribution in [0.1, 0.15) is 25.7 Å². The van der Waals surface area contributed by atoms with Crippen molar-refractivity contribution in [3.05, 3.63) is 12.7 Å². The van der Waals surface area contributed by atoms with Crippen LogP contribution in [0, 0.1) is 0 Å². The molecule has 1 aliphatic rings. The molecule has 1 saturated heterocycles. The lowest BCUT2D eigenvalue weighted by Gasteiger charge is -2.27. The Bertz CT molecular complexity index is 320. The van der Waals surface area contributed by atoms with E-state index < -0.39 is 6.03 Å². The molecule has 1 heterocycles. The number of amides is 3. The molecule has 3 N–H and O–H groups in total. The van der Waals surface area contributed by atoms with Gasteiger partial charge in [0.15, 0.2) is 0 Å². The summed E-state index contributed by atoms with van der Waals surface area (Å²) in [6, 6.07) is -0.496. The third kappa shape index (κ3) is 5.85. The molecule has 0 aromatic heterocycles. The van der Waals surface area contributed by atoms with E-state index in [9.17, 15) is 14.7 Å². The highest BCUT2D eigenvalue weighted by molar-refractivity contribution is 5.95. The second kappa shape index (κ2) is 8.66. The van der Waals surface area contributed by atoms with E-state index in [-0.39, 0.29) is 25.1 Å². The van der Waals surface area contributed by atoms with Crippen LogP contribution >= 0.6 is 0 Å². The molecular weight excluding hydrogens is 246 g/mol. The molecule has 0 bridgehead atoms. The lowest BCUT2D eigenvalue weighted by Crippen LogP contribution is -2.47. The van der Waals surface area contributed by atoms with Crippen molar-refractivity contribution < 1.29 is 14.7 Å². The molecule has 19 heavy (non-hydrogen) atoms. The summed E-state index contributed by atoms with van der Waals surface area (Å²) in [6.45, 7) is 4.78. The van der Waals surface area contributed by atoms with Gasteiger partial charge in [0.2, 0.25) is 5.91 Å². The van der Waals surface area contributed by atoms with Crippen LogP contribution in [-0.4, -0.2) is 54.2 Å². The Morgan fingerprint density at radius 2 is 2.16 bits per heavy atom. The van der Waals surface area contributed by atoms with Crippen molar-refractivity contribution in [2.24, 2.45) is 0 Å². The summed E-state index contributed by atoms with van der Waals surface area (Å²) >= 11 is 0. The van der Waals surface area contributed by atoms with Gasteiger partial charge in [-0.2, -0.15) is 0 Å². The van der Waals surface area contributed by atoms with Crippen LogP contribution in [-0.2, 0) is 4.79 Å². The number of nitrogens with one attached hydrogen (secondary N) is 2. The lowest BCUT2D eigenvalue weighted by molar-refractivity contribution is -0.121. The molecule has 1 fully saturated rings. The van der Waals surface area contributed by atoms with Gasteiger partial charge in [0.1, 0.15) is 0 Å². The fourth-order valence-corrected chi connectivity index (χ4v) is 2.21. The number of hydrogen-bond acceptors (Lipinski definition) is 4. The van der Waals surface area contributed by atoms with Crippen molar-refractivity contribution in [1.82, 2.24) is 15.5 Å². The van der Waals surface area contributed by atoms with Crippen LogP contribution in [0.25, 0.3) is 0 Å². The van der Waals surface area contributed by atoms with Crippen molar-refractivity contribution in [3.8, 4) is 0 Å². The Kier molecular flexibility index (Phi) is 7.14. The zero-order valence-electron chi connectivity index (χ0n) is 11.2. The monoisotopic (exact) mass is 269 g/mol. The Morgan fingerprint density at radius 1 is 1.37 bits per heavy atom. The van der Waals surface area contributed by atoms with Crippen molar-refractivity contribution in [2.45, 2.75) is 31.7 Å². The van der Waals surface area contributed by atoms with E-state index in [1.54, 1.807) is 6.08 Å². The molecule has 1 rings (SSSR count). The largest absolute Gasteiger partial charge is 0.395 e. The first-order chi connectivity index (χ1) is 9.17. The van der Waals surface area contributed by atoms with E-state index in [1.807, 2.05) is 4.90 Å². The molecule has 0 spiro atoms. The van der Waals surface area contributed by atoms with Crippen molar-refractivity contribution in [3.63, 3.8) is 0 Å². The number of carbonyl (C=O) groups excluding carboxylic acids is 2. The first-order valence-corrected chi connectivity index (χ1v) is 6.71. The van der Waals surface area contributed by atoms with E-state index in [0.717, 1.165) is 32.2 Å². The van der Waals surface area contributed by atoms with Gasteiger partial charge in [-0.25, -0.2) is 4.79 Å². The van der Waals surface area contributed by atoms with Gasteiger partial charge in [-0.15, -0.1) is 6.58 Å². The van der Waals surface area contributed by atoms with Crippen molar-refractivity contribution in [2.75, 3.05) is 26.2 Å². The summed E-state index contributed by atoms with van der Waals surface area (Å²) in [6.07, 6.45) is 5.65. The molecule has 0 aliphatic carbocycles. The third-order valence-electron chi connectivity index (χ3n) is 3.22. The van der Waals surface area contributed by atoms with Crippen LogP contribution in [0.4, 0.5) is 4.79 Å². The quantitative estimate of drug-likeness (QED) is 0.624. The molecule has 1 atom stereocenters. The fraction of sp³-hybridized carbons (Fsp3) is 0.692. The lowest BCUT2D eigenvalue weighted by atomic mass is 10.1. The normalized spacial score (nSPS) is 20.4. The molecule has 6 nitrogen and oxygen atoms in total. The standard InChI is InChI=1S/C13H23N3O3/c1-2-7-14-13(19)15-12(18)9-16-8-5-3-4-6-11(16)10-17/h2,11,17H,1,3-10H2,(H2,14,15,18,19). The number of imide groups is 1. The highest BCUT2D eigenvalue weighted by Crippen LogP contribution is 2.15. The molecule has 1 aliphatic heterocycles. The van der Waals surface area contributed by atoms with Gasteiger partial charge in [-0.05, 0) is 19.4 Å². The van der Waals surface area contributed by atoms with Gasteiger partial charge in [-0.1, -0.05) is 18.9 Å².